The van der Waals surface area contributed by atoms with Crippen LogP contribution in [0.3, 0.4) is 0 Å². The van der Waals surface area contributed by atoms with E-state index >= 15 is 0 Å². The van der Waals surface area contributed by atoms with Crippen LogP contribution in [0.4, 0.5) is 10.5 Å². The Kier molecular flexibility index (Phi) is 3.79. The number of carbonyl (C=O) groups excluding carboxylic acids is 2. The van der Waals surface area contributed by atoms with E-state index in [0.29, 0.717) is 23.6 Å². The molecule has 0 saturated carbocycles. The third kappa shape index (κ3) is 3.56. The number of nitrogens with one attached hydrogen (secondary N) is 1. The molecule has 1 amide bonds. The molecule has 0 aliphatic heterocycles. The number of carbonyl (C=O) groups is 2. The van der Waals surface area contributed by atoms with Crippen LogP contribution in [-0.4, -0.2) is 22.5 Å². The zero-order valence-corrected chi connectivity index (χ0v) is 12.3. The van der Waals surface area contributed by atoms with Crippen molar-refractivity contribution in [2.24, 2.45) is 5.92 Å². The van der Waals surface area contributed by atoms with Crippen LogP contribution in [0, 0.1) is 5.92 Å². The molecule has 0 radical (unpaired) electrons. The van der Waals surface area contributed by atoms with Crippen molar-refractivity contribution in [2.75, 3.05) is 5.32 Å². The van der Waals surface area contributed by atoms with Gasteiger partial charge in [0.05, 0.1) is 17.6 Å². The number of fused-ring (bicyclic) bond motifs is 1. The van der Waals surface area contributed by atoms with Gasteiger partial charge in [0.2, 0.25) is 0 Å². The first kappa shape index (κ1) is 14.5. The molecule has 1 aromatic rings. The van der Waals surface area contributed by atoms with Gasteiger partial charge in [-0.2, -0.15) is 0 Å². The van der Waals surface area contributed by atoms with Gasteiger partial charge in [-0.15, -0.1) is 0 Å². The van der Waals surface area contributed by atoms with Gasteiger partial charge in [-0.1, -0.05) is 6.92 Å². The fourth-order valence-corrected chi connectivity index (χ4v) is 2.22. The Bertz CT molecular complexity index is 547. The van der Waals surface area contributed by atoms with Crippen LogP contribution in [-0.2, 0) is 11.2 Å². The summed E-state index contributed by atoms with van der Waals surface area (Å²) in [6.07, 6.45) is 2.35. The molecule has 108 valence electrons. The van der Waals surface area contributed by atoms with Gasteiger partial charge in [0, 0.05) is 12.0 Å². The molecule has 1 aliphatic carbocycles. The first-order chi connectivity index (χ1) is 9.24. The summed E-state index contributed by atoms with van der Waals surface area (Å²) < 4.78 is 5.17. The maximum absolute atomic E-state index is 12.0. The van der Waals surface area contributed by atoms with Crippen molar-refractivity contribution in [2.45, 2.75) is 46.1 Å². The number of rotatable bonds is 1. The number of hydrogen-bond acceptors (Lipinski definition) is 4. The third-order valence-corrected chi connectivity index (χ3v) is 2.99. The van der Waals surface area contributed by atoms with E-state index in [9.17, 15) is 9.59 Å². The Balaban J connectivity index is 2.14. The fraction of sp³-hybridized carbons (Fsp3) is 0.533. The molecule has 0 saturated heterocycles. The van der Waals surface area contributed by atoms with Crippen molar-refractivity contribution in [3.8, 4) is 0 Å². The summed E-state index contributed by atoms with van der Waals surface area (Å²) in [5.41, 5.74) is 1.35. The lowest BCUT2D eigenvalue weighted by molar-refractivity contribution is 0.0635. The molecular formula is C15H20N2O3. The molecule has 0 aromatic carbocycles. The molecule has 1 unspecified atom stereocenters. The van der Waals surface area contributed by atoms with E-state index in [-0.39, 0.29) is 5.78 Å². The van der Waals surface area contributed by atoms with Gasteiger partial charge in [0.1, 0.15) is 5.60 Å². The number of anilines is 1. The standard InChI is InChI=1S/C15H20N2O3/c1-9-5-12-11(13(18)6-9)7-10(8-16-12)17-14(19)20-15(2,3)4/h7-9H,5-6H2,1-4H3,(H,17,19). The van der Waals surface area contributed by atoms with Crippen LogP contribution < -0.4 is 5.32 Å². The zero-order valence-electron chi connectivity index (χ0n) is 12.3. The van der Waals surface area contributed by atoms with Gasteiger partial charge in [0.25, 0.3) is 0 Å². The second-order valence-electron chi connectivity index (χ2n) is 6.28. The summed E-state index contributed by atoms with van der Waals surface area (Å²) in [7, 11) is 0. The Morgan fingerprint density at radius 1 is 1.40 bits per heavy atom. The van der Waals surface area contributed by atoms with E-state index in [4.69, 9.17) is 4.74 Å². The molecule has 0 spiro atoms. The molecule has 1 N–H and O–H groups in total. The Labute approximate surface area is 118 Å². The lowest BCUT2D eigenvalue weighted by Crippen LogP contribution is -2.27. The highest BCUT2D eigenvalue weighted by Gasteiger charge is 2.24. The SMILES string of the molecule is CC1CC(=O)c2cc(NC(=O)OC(C)(C)C)cnc2C1. The lowest BCUT2D eigenvalue weighted by Gasteiger charge is -2.21. The minimum absolute atomic E-state index is 0.0825. The maximum atomic E-state index is 12.0. The summed E-state index contributed by atoms with van der Waals surface area (Å²) in [5, 5.41) is 2.60. The molecule has 5 heteroatoms. The highest BCUT2D eigenvalue weighted by atomic mass is 16.6. The van der Waals surface area contributed by atoms with Crippen LogP contribution in [0.5, 0.6) is 0 Å². The maximum Gasteiger partial charge on any atom is 0.412 e. The summed E-state index contributed by atoms with van der Waals surface area (Å²) in [5.74, 6) is 0.409. The summed E-state index contributed by atoms with van der Waals surface area (Å²) in [6.45, 7) is 7.42. The number of pyridine rings is 1. The van der Waals surface area contributed by atoms with Crippen molar-refractivity contribution in [1.29, 1.82) is 0 Å². The molecule has 1 aliphatic rings. The first-order valence-electron chi connectivity index (χ1n) is 6.77. The zero-order chi connectivity index (χ0) is 14.9. The first-order valence-corrected chi connectivity index (χ1v) is 6.77. The molecular weight excluding hydrogens is 256 g/mol. The fourth-order valence-electron chi connectivity index (χ4n) is 2.22. The average molecular weight is 276 g/mol. The predicted octanol–water partition coefficient (Wildman–Crippen LogP) is 3.19. The topological polar surface area (TPSA) is 68.3 Å². The quantitative estimate of drug-likeness (QED) is 0.855. The molecule has 5 nitrogen and oxygen atoms in total. The van der Waals surface area contributed by atoms with Crippen molar-refractivity contribution in [3.05, 3.63) is 23.5 Å². The number of aromatic nitrogens is 1. The molecule has 1 aromatic heterocycles. The monoisotopic (exact) mass is 276 g/mol. The van der Waals surface area contributed by atoms with Crippen LogP contribution in [0.25, 0.3) is 0 Å². The smallest absolute Gasteiger partial charge is 0.412 e. The van der Waals surface area contributed by atoms with Gasteiger partial charge >= 0.3 is 6.09 Å². The number of nitrogens with zero attached hydrogens (tertiary/aromatic N) is 1. The second kappa shape index (κ2) is 5.23. The summed E-state index contributed by atoms with van der Waals surface area (Å²) in [4.78, 5) is 27.9. The molecule has 20 heavy (non-hydrogen) atoms. The van der Waals surface area contributed by atoms with Crippen LogP contribution in [0.1, 0.15) is 50.2 Å². The van der Waals surface area contributed by atoms with Crippen LogP contribution >= 0.6 is 0 Å². The van der Waals surface area contributed by atoms with E-state index < -0.39 is 11.7 Å². The van der Waals surface area contributed by atoms with Gasteiger partial charge < -0.3 is 4.74 Å². The Hall–Kier alpha value is -1.91. The van der Waals surface area contributed by atoms with Gasteiger partial charge in [-0.05, 0) is 39.2 Å². The van der Waals surface area contributed by atoms with Crippen molar-refractivity contribution < 1.29 is 14.3 Å². The molecule has 1 heterocycles. The number of amides is 1. The second-order valence-corrected chi connectivity index (χ2v) is 6.28. The van der Waals surface area contributed by atoms with E-state index in [1.54, 1.807) is 33.0 Å². The van der Waals surface area contributed by atoms with Crippen LogP contribution in [0.15, 0.2) is 12.3 Å². The number of ketones is 1. The minimum Gasteiger partial charge on any atom is -0.444 e. The molecule has 2 rings (SSSR count). The molecule has 1 atom stereocenters. The molecule has 0 fully saturated rings. The average Bonchev–Trinajstić information content (AvgIpc) is 2.27. The van der Waals surface area contributed by atoms with Gasteiger partial charge in [-0.3, -0.25) is 15.1 Å². The number of hydrogen-bond donors (Lipinski definition) is 1. The number of ether oxygens (including phenoxy) is 1. The minimum atomic E-state index is -0.559. The van der Waals surface area contributed by atoms with Crippen molar-refractivity contribution >= 4 is 17.6 Å². The lowest BCUT2D eigenvalue weighted by atomic mass is 9.87. The van der Waals surface area contributed by atoms with Gasteiger partial charge in [0.15, 0.2) is 5.78 Å². The number of Topliss-reactive ketones (excluding diaryl/α,β-unsaturated/α-hetero) is 1. The largest absolute Gasteiger partial charge is 0.444 e. The van der Waals surface area contributed by atoms with E-state index in [1.807, 2.05) is 6.92 Å². The normalized spacial score (nSPS) is 18.4. The highest BCUT2D eigenvalue weighted by Crippen LogP contribution is 2.25. The van der Waals surface area contributed by atoms with Gasteiger partial charge in [-0.25, -0.2) is 4.79 Å². The van der Waals surface area contributed by atoms with Crippen molar-refractivity contribution in [1.82, 2.24) is 4.98 Å². The van der Waals surface area contributed by atoms with Crippen molar-refractivity contribution in [3.63, 3.8) is 0 Å². The molecule has 0 bridgehead atoms. The predicted molar refractivity (Wildman–Crippen MR) is 75.9 cm³/mol. The third-order valence-electron chi connectivity index (χ3n) is 2.99. The summed E-state index contributed by atoms with van der Waals surface area (Å²) in [6, 6.07) is 1.68. The Morgan fingerprint density at radius 3 is 2.75 bits per heavy atom. The van der Waals surface area contributed by atoms with E-state index in [0.717, 1.165) is 12.1 Å². The summed E-state index contributed by atoms with van der Waals surface area (Å²) >= 11 is 0. The Morgan fingerprint density at radius 2 is 2.10 bits per heavy atom. The van der Waals surface area contributed by atoms with E-state index in [2.05, 4.69) is 10.3 Å². The highest BCUT2D eigenvalue weighted by molar-refractivity contribution is 5.99. The van der Waals surface area contributed by atoms with E-state index in [1.165, 1.54) is 0 Å². The van der Waals surface area contributed by atoms with Crippen LogP contribution in [0.2, 0.25) is 0 Å².